The summed E-state index contributed by atoms with van der Waals surface area (Å²) < 4.78 is 5.95. The number of rotatable bonds is 5. The number of carbonyl (C=O) groups is 1. The van der Waals surface area contributed by atoms with E-state index >= 15 is 0 Å². The normalized spacial score (nSPS) is 11.0. The molecule has 0 saturated carbocycles. The maximum Gasteiger partial charge on any atom is 0.273 e. The molecule has 0 bridgehead atoms. The van der Waals surface area contributed by atoms with Crippen molar-refractivity contribution < 1.29 is 14.4 Å². The lowest BCUT2D eigenvalue weighted by molar-refractivity contribution is -0.114. The van der Waals surface area contributed by atoms with E-state index in [9.17, 15) is 4.79 Å². The molecule has 2 aromatic rings. The first-order valence-electron chi connectivity index (χ1n) is 6.83. The minimum Gasteiger partial charge on any atom is -0.456 e. The van der Waals surface area contributed by atoms with Crippen molar-refractivity contribution >= 4 is 11.6 Å². The highest BCUT2D eigenvalue weighted by atomic mass is 16.6. The van der Waals surface area contributed by atoms with Crippen LogP contribution in [0.15, 0.2) is 53.7 Å². The van der Waals surface area contributed by atoms with Gasteiger partial charge in [-0.25, -0.2) is 0 Å². The molecule has 5 nitrogen and oxygen atoms in total. The molecule has 0 radical (unpaired) electrons. The summed E-state index contributed by atoms with van der Waals surface area (Å²) in [6, 6.07) is 14.9. The lowest BCUT2D eigenvalue weighted by Crippen LogP contribution is -2.28. The fraction of sp³-hybridized carbons (Fsp3) is 0.176. The Labute approximate surface area is 129 Å². The predicted molar refractivity (Wildman–Crippen MR) is 85.3 cm³/mol. The topological polar surface area (TPSA) is 59.9 Å². The Hall–Kier alpha value is -2.82. The molecule has 0 saturated heterocycles. The molecule has 0 aromatic heterocycles. The number of nitrogens with one attached hydrogen (secondary N) is 1. The molecule has 22 heavy (non-hydrogen) atoms. The SMILES string of the molecule is CNC(=O)/C(=N/OC)c1ccccc1Oc1ccccc1C. The number of para-hydroxylation sites is 2. The van der Waals surface area contributed by atoms with Crippen LogP contribution in [0.5, 0.6) is 11.5 Å². The highest BCUT2D eigenvalue weighted by Gasteiger charge is 2.18. The number of amides is 1. The second-order valence-electron chi connectivity index (χ2n) is 4.57. The van der Waals surface area contributed by atoms with E-state index in [-0.39, 0.29) is 11.6 Å². The minimum absolute atomic E-state index is 0.161. The average Bonchev–Trinajstić information content (AvgIpc) is 2.55. The number of likely N-dealkylation sites (N-methyl/N-ethyl adjacent to an activating group) is 1. The number of benzene rings is 2. The summed E-state index contributed by atoms with van der Waals surface area (Å²) in [6.45, 7) is 1.96. The van der Waals surface area contributed by atoms with Crippen LogP contribution >= 0.6 is 0 Å². The van der Waals surface area contributed by atoms with Gasteiger partial charge in [0.2, 0.25) is 0 Å². The van der Waals surface area contributed by atoms with Crippen LogP contribution in [-0.4, -0.2) is 25.8 Å². The van der Waals surface area contributed by atoms with E-state index in [2.05, 4.69) is 10.5 Å². The zero-order valence-electron chi connectivity index (χ0n) is 12.8. The summed E-state index contributed by atoms with van der Waals surface area (Å²) in [4.78, 5) is 16.8. The van der Waals surface area contributed by atoms with Crippen LogP contribution in [0.25, 0.3) is 0 Å². The third kappa shape index (κ3) is 3.44. The molecule has 2 aromatic carbocycles. The number of nitrogens with zero attached hydrogens (tertiary/aromatic N) is 1. The Kier molecular flexibility index (Phi) is 5.14. The molecule has 2 rings (SSSR count). The van der Waals surface area contributed by atoms with Crippen LogP contribution in [0.4, 0.5) is 0 Å². The lowest BCUT2D eigenvalue weighted by atomic mass is 10.1. The van der Waals surface area contributed by atoms with Gasteiger partial charge in [-0.2, -0.15) is 0 Å². The van der Waals surface area contributed by atoms with Crippen LogP contribution in [0.3, 0.4) is 0 Å². The first-order valence-corrected chi connectivity index (χ1v) is 6.83. The molecule has 0 aliphatic heterocycles. The van der Waals surface area contributed by atoms with Crippen LogP contribution in [-0.2, 0) is 9.63 Å². The molecule has 1 amide bonds. The van der Waals surface area contributed by atoms with Crippen LogP contribution in [0.1, 0.15) is 11.1 Å². The Balaban J connectivity index is 2.44. The van der Waals surface area contributed by atoms with Crippen molar-refractivity contribution in [1.82, 2.24) is 5.32 Å². The van der Waals surface area contributed by atoms with Crippen LogP contribution < -0.4 is 10.1 Å². The van der Waals surface area contributed by atoms with Gasteiger partial charge in [-0.05, 0) is 30.7 Å². The molecule has 0 atom stereocenters. The van der Waals surface area contributed by atoms with Crippen LogP contribution in [0, 0.1) is 6.92 Å². The van der Waals surface area contributed by atoms with E-state index in [1.807, 2.05) is 43.3 Å². The number of hydrogen-bond acceptors (Lipinski definition) is 4. The number of carbonyl (C=O) groups excluding carboxylic acids is 1. The molecule has 0 heterocycles. The monoisotopic (exact) mass is 298 g/mol. The van der Waals surface area contributed by atoms with E-state index in [0.717, 1.165) is 11.3 Å². The summed E-state index contributed by atoms with van der Waals surface area (Å²) in [5, 5.41) is 6.36. The number of oxime groups is 1. The summed E-state index contributed by atoms with van der Waals surface area (Å²) in [7, 11) is 2.94. The van der Waals surface area contributed by atoms with Crippen molar-refractivity contribution in [3.05, 3.63) is 59.7 Å². The van der Waals surface area contributed by atoms with E-state index in [4.69, 9.17) is 9.57 Å². The molecule has 0 aliphatic carbocycles. The van der Waals surface area contributed by atoms with Crippen molar-refractivity contribution in [1.29, 1.82) is 0 Å². The molecular weight excluding hydrogens is 280 g/mol. The van der Waals surface area contributed by atoms with Gasteiger partial charge in [-0.1, -0.05) is 35.5 Å². The molecule has 5 heteroatoms. The highest BCUT2D eigenvalue weighted by molar-refractivity contribution is 6.45. The summed E-state index contributed by atoms with van der Waals surface area (Å²) in [5.41, 5.74) is 1.73. The fourth-order valence-corrected chi connectivity index (χ4v) is 1.96. The first kappa shape index (κ1) is 15.6. The third-order valence-electron chi connectivity index (χ3n) is 3.08. The van der Waals surface area contributed by atoms with Gasteiger partial charge in [0.1, 0.15) is 18.6 Å². The van der Waals surface area contributed by atoms with E-state index < -0.39 is 0 Å². The van der Waals surface area contributed by atoms with E-state index in [1.165, 1.54) is 7.11 Å². The molecule has 0 fully saturated rings. The Morgan fingerprint density at radius 3 is 2.32 bits per heavy atom. The molecule has 114 valence electrons. The van der Waals surface area contributed by atoms with Gasteiger partial charge in [0.25, 0.3) is 5.91 Å². The fourth-order valence-electron chi connectivity index (χ4n) is 1.96. The van der Waals surface area contributed by atoms with Gasteiger partial charge in [-0.3, -0.25) is 4.79 Å². The first-order chi connectivity index (χ1) is 10.7. The molecule has 0 unspecified atom stereocenters. The minimum atomic E-state index is -0.345. The highest BCUT2D eigenvalue weighted by Crippen LogP contribution is 2.28. The van der Waals surface area contributed by atoms with Crippen LogP contribution in [0.2, 0.25) is 0 Å². The van der Waals surface area contributed by atoms with Gasteiger partial charge in [0.05, 0.1) is 5.56 Å². The van der Waals surface area contributed by atoms with Gasteiger partial charge >= 0.3 is 0 Å². The van der Waals surface area contributed by atoms with Gasteiger partial charge in [0.15, 0.2) is 5.71 Å². The van der Waals surface area contributed by atoms with Crippen molar-refractivity contribution in [3.8, 4) is 11.5 Å². The molecule has 0 aliphatic rings. The second-order valence-corrected chi connectivity index (χ2v) is 4.57. The summed E-state index contributed by atoms with van der Waals surface area (Å²) in [5.74, 6) is 0.919. The number of hydrogen-bond donors (Lipinski definition) is 1. The summed E-state index contributed by atoms with van der Waals surface area (Å²) in [6.07, 6.45) is 0. The Morgan fingerprint density at radius 2 is 1.68 bits per heavy atom. The maximum absolute atomic E-state index is 12.0. The third-order valence-corrected chi connectivity index (χ3v) is 3.08. The molecular formula is C17H18N2O3. The molecule has 1 N–H and O–H groups in total. The zero-order chi connectivity index (χ0) is 15.9. The predicted octanol–water partition coefficient (Wildman–Crippen LogP) is 2.88. The number of ether oxygens (including phenoxy) is 1. The second kappa shape index (κ2) is 7.26. The van der Waals surface area contributed by atoms with Crippen molar-refractivity contribution in [2.24, 2.45) is 5.16 Å². The Bertz CT molecular complexity index is 696. The zero-order valence-corrected chi connectivity index (χ0v) is 12.8. The maximum atomic E-state index is 12.0. The van der Waals surface area contributed by atoms with Crippen molar-refractivity contribution in [3.63, 3.8) is 0 Å². The summed E-state index contributed by atoms with van der Waals surface area (Å²) >= 11 is 0. The number of aryl methyl sites for hydroxylation is 1. The average molecular weight is 298 g/mol. The van der Waals surface area contributed by atoms with E-state index in [0.29, 0.717) is 11.3 Å². The largest absolute Gasteiger partial charge is 0.456 e. The van der Waals surface area contributed by atoms with Crippen molar-refractivity contribution in [2.45, 2.75) is 6.92 Å². The molecule has 0 spiro atoms. The lowest BCUT2D eigenvalue weighted by Gasteiger charge is -2.13. The smallest absolute Gasteiger partial charge is 0.273 e. The van der Waals surface area contributed by atoms with Gasteiger partial charge in [0, 0.05) is 7.05 Å². The quantitative estimate of drug-likeness (QED) is 0.682. The Morgan fingerprint density at radius 1 is 1.05 bits per heavy atom. The van der Waals surface area contributed by atoms with Gasteiger partial charge < -0.3 is 14.9 Å². The standard InChI is InChI=1S/C17H18N2O3/c1-12-8-4-6-10-14(12)22-15-11-7-5-9-13(15)16(19-21-3)17(20)18-2/h4-11H,1-3H3,(H,18,20)/b19-16+. The van der Waals surface area contributed by atoms with E-state index in [1.54, 1.807) is 19.2 Å². The van der Waals surface area contributed by atoms with Gasteiger partial charge in [-0.15, -0.1) is 0 Å². The van der Waals surface area contributed by atoms with Crippen molar-refractivity contribution in [2.75, 3.05) is 14.2 Å².